The smallest absolute Gasteiger partial charge is 0.278 e. The van der Waals surface area contributed by atoms with Crippen LogP contribution in [0.2, 0.25) is 0 Å². The van der Waals surface area contributed by atoms with Crippen LogP contribution in [0.5, 0.6) is 5.75 Å². The molecule has 3 aromatic carbocycles. The van der Waals surface area contributed by atoms with Crippen LogP contribution in [0.4, 0.5) is 13.8 Å². The maximum absolute atomic E-state index is 16.5. The van der Waals surface area contributed by atoms with Crippen molar-refractivity contribution in [2.75, 3.05) is 49.9 Å². The first-order chi connectivity index (χ1) is 24.9. The largest absolute Gasteiger partial charge is 0.482 e. The number of aromatic nitrogens is 1. The van der Waals surface area contributed by atoms with E-state index < -0.39 is 29.3 Å². The van der Waals surface area contributed by atoms with E-state index >= 15 is 8.78 Å². The number of rotatable bonds is 6. The fraction of sp³-hybridized carbons (Fsp3) is 0.282. The average molecular weight is 709 g/mol. The lowest BCUT2D eigenvalue weighted by atomic mass is 9.91. The zero-order valence-electron chi connectivity index (χ0n) is 27.8. The molecule has 0 bridgehead atoms. The van der Waals surface area contributed by atoms with Crippen molar-refractivity contribution < 1.29 is 27.8 Å². The number of halogens is 2. The van der Waals surface area contributed by atoms with Crippen molar-refractivity contribution in [2.24, 2.45) is 0 Å². The summed E-state index contributed by atoms with van der Waals surface area (Å²) < 4.78 is 51.3. The summed E-state index contributed by atoms with van der Waals surface area (Å²) in [6, 6.07) is 22.7. The highest BCUT2D eigenvalue weighted by Gasteiger charge is 2.47. The molecule has 0 N–H and O–H groups in total. The maximum Gasteiger partial charge on any atom is 0.278 e. The van der Waals surface area contributed by atoms with Crippen LogP contribution in [0, 0.1) is 11.6 Å². The van der Waals surface area contributed by atoms with Gasteiger partial charge >= 0.3 is 0 Å². The van der Waals surface area contributed by atoms with E-state index in [1.165, 1.54) is 6.07 Å². The summed E-state index contributed by atoms with van der Waals surface area (Å²) in [6.07, 6.45) is 1.91. The number of thiophene rings is 1. The number of methoxy groups -OCH3 is 1. The minimum Gasteiger partial charge on any atom is -0.482 e. The number of nitrogens with zero attached hydrogens (tertiary/aromatic N) is 4. The zero-order valence-corrected chi connectivity index (χ0v) is 28.6. The summed E-state index contributed by atoms with van der Waals surface area (Å²) in [7, 11) is 1.71. The quantitative estimate of drug-likeness (QED) is 0.209. The van der Waals surface area contributed by atoms with Crippen molar-refractivity contribution in [3.63, 3.8) is 0 Å². The number of anilines is 1. The van der Waals surface area contributed by atoms with Crippen LogP contribution in [0.15, 0.2) is 89.9 Å². The molecule has 9 nitrogen and oxygen atoms in total. The van der Waals surface area contributed by atoms with Gasteiger partial charge in [0.15, 0.2) is 23.1 Å². The molecule has 260 valence electrons. The molecular formula is C39H34F2N4O5S. The van der Waals surface area contributed by atoms with Crippen molar-refractivity contribution in [1.29, 1.82) is 0 Å². The second-order valence-corrected chi connectivity index (χ2v) is 14.2. The van der Waals surface area contributed by atoms with Gasteiger partial charge in [0.25, 0.3) is 5.91 Å². The zero-order chi connectivity index (χ0) is 34.8. The van der Waals surface area contributed by atoms with Gasteiger partial charge in [0.05, 0.1) is 30.4 Å². The van der Waals surface area contributed by atoms with E-state index in [9.17, 15) is 9.59 Å². The molecule has 12 heteroatoms. The molecule has 9 rings (SSSR count). The molecule has 5 heterocycles. The van der Waals surface area contributed by atoms with Crippen LogP contribution in [0.1, 0.15) is 39.6 Å². The summed E-state index contributed by atoms with van der Waals surface area (Å²) in [4.78, 5) is 32.6. The molecular weight excluding hydrogens is 675 g/mol. The van der Waals surface area contributed by atoms with Crippen molar-refractivity contribution in [3.05, 3.63) is 129 Å². The van der Waals surface area contributed by atoms with Crippen molar-refractivity contribution in [2.45, 2.75) is 31.3 Å². The number of benzene rings is 3. The van der Waals surface area contributed by atoms with E-state index in [-0.39, 0.29) is 48.8 Å². The Labute approximate surface area is 296 Å². The van der Waals surface area contributed by atoms with Gasteiger partial charge < -0.3 is 24.0 Å². The van der Waals surface area contributed by atoms with Crippen LogP contribution >= 0.6 is 11.3 Å². The van der Waals surface area contributed by atoms with Crippen molar-refractivity contribution in [1.82, 2.24) is 9.58 Å². The molecule has 0 radical (unpaired) electrons. The molecule has 0 spiro atoms. The molecule has 3 atom stereocenters. The summed E-state index contributed by atoms with van der Waals surface area (Å²) >= 11 is 1.55. The second kappa shape index (κ2) is 12.6. The Bertz CT molecular complexity index is 2230. The first-order valence-electron chi connectivity index (χ1n) is 17.0. The number of hydrogen-bond acceptors (Lipinski definition) is 8. The number of morpholine rings is 1. The predicted molar refractivity (Wildman–Crippen MR) is 190 cm³/mol. The summed E-state index contributed by atoms with van der Waals surface area (Å²) in [5.41, 5.74) is 3.48. The van der Waals surface area contributed by atoms with Gasteiger partial charge in [-0.05, 0) is 40.8 Å². The van der Waals surface area contributed by atoms with Crippen LogP contribution in [-0.2, 0) is 16.1 Å². The summed E-state index contributed by atoms with van der Waals surface area (Å²) in [5.74, 6) is -2.33. The third kappa shape index (κ3) is 5.15. The van der Waals surface area contributed by atoms with E-state index in [2.05, 4.69) is 4.90 Å². The second-order valence-electron chi connectivity index (χ2n) is 13.1. The van der Waals surface area contributed by atoms with Gasteiger partial charge in [-0.15, -0.1) is 11.3 Å². The Kier molecular flexibility index (Phi) is 7.90. The Hall–Kier alpha value is -5.04. The number of carbonyl (C=O) groups is 1. The van der Waals surface area contributed by atoms with Crippen LogP contribution in [0.3, 0.4) is 0 Å². The molecule has 3 aliphatic heterocycles. The standard InChI is InChI=1S/C39H34F2N4O5S/c1-48-24-13-15-42(20-24)32-19-28-33-27(11-12-29(40)34(33)41)35(25-9-5-6-10-26(25)38(28)51-32)45-31-22-49-18-17-43(31)39(47)36-37(30(46)14-16-44(36)45)50-21-23-7-3-2-4-8-23/h2-12,14,16,19,24,31,35H,13,15,17-18,20-22H2,1H3/t24-,31+,35?/m0/s1. The van der Waals surface area contributed by atoms with E-state index in [1.54, 1.807) is 40.3 Å². The van der Waals surface area contributed by atoms with Crippen molar-refractivity contribution in [3.8, 4) is 27.3 Å². The lowest BCUT2D eigenvalue weighted by Crippen LogP contribution is -2.66. The molecule has 0 saturated carbocycles. The molecule has 51 heavy (non-hydrogen) atoms. The highest BCUT2D eigenvalue weighted by Crippen LogP contribution is 2.53. The Morgan fingerprint density at radius 3 is 2.59 bits per heavy atom. The molecule has 1 unspecified atom stereocenters. The number of amides is 1. The van der Waals surface area contributed by atoms with Gasteiger partial charge in [0, 0.05) is 55.0 Å². The molecule has 1 aliphatic carbocycles. The average Bonchev–Trinajstić information content (AvgIpc) is 3.80. The van der Waals surface area contributed by atoms with Gasteiger partial charge in [-0.3, -0.25) is 19.3 Å². The number of hydrogen-bond donors (Lipinski definition) is 0. The first-order valence-corrected chi connectivity index (χ1v) is 17.8. The normalized spacial score (nSPS) is 20.6. The monoisotopic (exact) mass is 708 g/mol. The van der Waals surface area contributed by atoms with Gasteiger partial charge in [-0.1, -0.05) is 60.7 Å². The SMILES string of the molecule is CO[C@H]1CCN(c2cc3c(s2)-c2ccccc2C(N2[C@@H]4COCCN4C(=O)c4c(OCc5ccccc5)c(=O)ccn42)c2ccc(F)c(F)c2-3)C1. The molecule has 2 aromatic heterocycles. The topological polar surface area (TPSA) is 76.5 Å². The Morgan fingerprint density at radius 2 is 1.76 bits per heavy atom. The van der Waals surface area contributed by atoms with Gasteiger partial charge in [-0.25, -0.2) is 8.78 Å². The molecule has 2 saturated heterocycles. The highest BCUT2D eigenvalue weighted by molar-refractivity contribution is 7.20. The van der Waals surface area contributed by atoms with E-state index in [1.807, 2.05) is 65.7 Å². The van der Waals surface area contributed by atoms with Gasteiger partial charge in [0.1, 0.15) is 12.8 Å². The fourth-order valence-corrected chi connectivity index (χ4v) is 9.14. The van der Waals surface area contributed by atoms with E-state index in [4.69, 9.17) is 14.2 Å². The predicted octanol–water partition coefficient (Wildman–Crippen LogP) is 6.18. The summed E-state index contributed by atoms with van der Waals surface area (Å²) in [5, 5.41) is 2.92. The lowest BCUT2D eigenvalue weighted by molar-refractivity contribution is -0.0197. The van der Waals surface area contributed by atoms with Crippen molar-refractivity contribution >= 4 is 22.2 Å². The highest BCUT2D eigenvalue weighted by atomic mass is 32.1. The lowest BCUT2D eigenvalue weighted by Gasteiger charge is -2.51. The molecule has 2 fully saturated rings. The van der Waals surface area contributed by atoms with Crippen LogP contribution in [0.25, 0.3) is 21.6 Å². The van der Waals surface area contributed by atoms with Crippen LogP contribution < -0.4 is 20.1 Å². The molecule has 5 aromatic rings. The number of pyridine rings is 1. The minimum absolute atomic E-state index is 0.0706. The fourth-order valence-electron chi connectivity index (χ4n) is 7.89. The Balaban J connectivity index is 1.26. The molecule has 4 aliphatic rings. The third-order valence-corrected chi connectivity index (χ3v) is 11.6. The first kappa shape index (κ1) is 31.9. The Morgan fingerprint density at radius 1 is 0.941 bits per heavy atom. The van der Waals surface area contributed by atoms with E-state index in [0.29, 0.717) is 24.3 Å². The summed E-state index contributed by atoms with van der Waals surface area (Å²) in [6.45, 7) is 2.33. The van der Waals surface area contributed by atoms with E-state index in [0.717, 1.165) is 45.6 Å². The third-order valence-electron chi connectivity index (χ3n) is 10.3. The van der Waals surface area contributed by atoms with Gasteiger partial charge in [-0.2, -0.15) is 0 Å². The number of carbonyl (C=O) groups excluding carboxylic acids is 1. The minimum atomic E-state index is -0.949. The van der Waals surface area contributed by atoms with Crippen LogP contribution in [-0.4, -0.2) is 67.7 Å². The maximum atomic E-state index is 16.5. The number of fused-ring (bicyclic) bond motifs is 7. The number of ether oxygens (including phenoxy) is 3. The van der Waals surface area contributed by atoms with Gasteiger partial charge in [0.2, 0.25) is 5.43 Å². The molecule has 1 amide bonds.